The molecule has 3 heteroatoms. The monoisotopic (exact) mass is 310 g/mol. The Morgan fingerprint density at radius 3 is 3.04 bits per heavy atom. The SMILES string of the molecule is CC[C@H]1C[C@H]2C[C@@H]3CC1N(CCc1c3[nH]c3ccc(O)cc13)C2. The minimum absolute atomic E-state index is 0.385. The summed E-state index contributed by atoms with van der Waals surface area (Å²) in [6, 6.07) is 6.58. The van der Waals surface area contributed by atoms with Crippen LogP contribution in [-0.4, -0.2) is 34.1 Å². The zero-order valence-electron chi connectivity index (χ0n) is 13.9. The van der Waals surface area contributed by atoms with Gasteiger partial charge in [-0.25, -0.2) is 0 Å². The lowest BCUT2D eigenvalue weighted by atomic mass is 9.82. The van der Waals surface area contributed by atoms with Crippen molar-refractivity contribution in [1.82, 2.24) is 9.88 Å². The van der Waals surface area contributed by atoms with Gasteiger partial charge in [-0.05, 0) is 61.3 Å². The van der Waals surface area contributed by atoms with Crippen LogP contribution in [0.25, 0.3) is 10.9 Å². The standard InChI is InChI=1S/C20H26N2O/c1-2-13-7-12-8-14-9-19(13)22(11-12)6-5-16-17-10-15(23)3-4-18(17)21-20(14)16/h3-4,10,12-14,19,21,23H,2,5-9,11H2,1H3/t12-,13-,14+,19?/m0/s1. The molecule has 23 heavy (non-hydrogen) atoms. The van der Waals surface area contributed by atoms with Gasteiger partial charge in [-0.2, -0.15) is 0 Å². The minimum atomic E-state index is 0.385. The average Bonchev–Trinajstić information content (AvgIpc) is 2.70. The Kier molecular flexibility index (Phi) is 3.03. The van der Waals surface area contributed by atoms with Gasteiger partial charge >= 0.3 is 0 Å². The summed E-state index contributed by atoms with van der Waals surface area (Å²) >= 11 is 0. The van der Waals surface area contributed by atoms with Crippen LogP contribution in [0.3, 0.4) is 0 Å². The Morgan fingerprint density at radius 1 is 1.26 bits per heavy atom. The molecule has 3 nitrogen and oxygen atoms in total. The molecule has 1 aliphatic carbocycles. The lowest BCUT2D eigenvalue weighted by Crippen LogP contribution is -2.47. The van der Waals surface area contributed by atoms with Crippen molar-refractivity contribution in [1.29, 1.82) is 0 Å². The Balaban J connectivity index is 1.65. The number of rotatable bonds is 1. The molecule has 6 rings (SSSR count). The fourth-order valence-electron chi connectivity index (χ4n) is 5.79. The van der Waals surface area contributed by atoms with E-state index in [0.29, 0.717) is 11.7 Å². The van der Waals surface area contributed by atoms with Gasteiger partial charge in [0.05, 0.1) is 0 Å². The number of nitrogens with zero attached hydrogens (tertiary/aromatic N) is 1. The summed E-state index contributed by atoms with van der Waals surface area (Å²) < 4.78 is 0. The van der Waals surface area contributed by atoms with Gasteiger partial charge in [0, 0.05) is 41.6 Å². The van der Waals surface area contributed by atoms with Crippen molar-refractivity contribution in [3.05, 3.63) is 29.5 Å². The summed E-state index contributed by atoms with van der Waals surface area (Å²) in [5.74, 6) is 2.83. The van der Waals surface area contributed by atoms with Crippen molar-refractivity contribution in [2.24, 2.45) is 11.8 Å². The van der Waals surface area contributed by atoms with E-state index in [-0.39, 0.29) is 0 Å². The predicted molar refractivity (Wildman–Crippen MR) is 92.9 cm³/mol. The molecule has 4 aliphatic rings. The number of nitrogens with one attached hydrogen (secondary N) is 1. The number of hydrogen-bond acceptors (Lipinski definition) is 2. The molecule has 2 aromatic rings. The van der Waals surface area contributed by atoms with E-state index in [2.05, 4.69) is 16.8 Å². The van der Waals surface area contributed by atoms with Crippen molar-refractivity contribution in [2.45, 2.75) is 51.0 Å². The van der Waals surface area contributed by atoms with Crippen LogP contribution in [0.15, 0.2) is 18.2 Å². The Labute approximate surface area is 137 Å². The smallest absolute Gasteiger partial charge is 0.116 e. The van der Waals surface area contributed by atoms with Gasteiger partial charge in [0.25, 0.3) is 0 Å². The molecule has 0 amide bonds. The maximum absolute atomic E-state index is 9.90. The third-order valence-corrected chi connectivity index (χ3v) is 6.79. The highest BCUT2D eigenvalue weighted by atomic mass is 16.3. The molecular weight excluding hydrogens is 284 g/mol. The van der Waals surface area contributed by atoms with Crippen molar-refractivity contribution in [2.75, 3.05) is 13.1 Å². The Morgan fingerprint density at radius 2 is 2.17 bits per heavy atom. The van der Waals surface area contributed by atoms with E-state index in [1.54, 1.807) is 6.07 Å². The van der Waals surface area contributed by atoms with Crippen molar-refractivity contribution >= 4 is 10.9 Å². The number of phenols is 1. The first kappa shape index (κ1) is 13.9. The number of aromatic hydroxyl groups is 1. The first-order valence-corrected chi connectivity index (χ1v) is 9.30. The second-order valence-electron chi connectivity index (χ2n) is 8.00. The van der Waals surface area contributed by atoms with Crippen molar-refractivity contribution < 1.29 is 5.11 Å². The summed E-state index contributed by atoms with van der Waals surface area (Å²) in [7, 11) is 0. The molecule has 1 aromatic carbocycles. The van der Waals surface area contributed by atoms with E-state index < -0.39 is 0 Å². The van der Waals surface area contributed by atoms with Crippen LogP contribution < -0.4 is 0 Å². The van der Waals surface area contributed by atoms with Crippen LogP contribution in [-0.2, 0) is 6.42 Å². The topological polar surface area (TPSA) is 39.3 Å². The number of aromatic amines is 1. The summed E-state index contributed by atoms with van der Waals surface area (Å²) in [5, 5.41) is 11.1. The number of H-pyrrole nitrogens is 1. The van der Waals surface area contributed by atoms with Crippen LogP contribution in [0.2, 0.25) is 0 Å². The first-order chi connectivity index (χ1) is 11.2. The highest BCUT2D eigenvalue weighted by Gasteiger charge is 2.43. The Bertz CT molecular complexity index is 749. The molecule has 4 heterocycles. The van der Waals surface area contributed by atoms with Gasteiger partial charge < -0.3 is 10.1 Å². The molecule has 5 atom stereocenters. The normalized spacial score (nSPS) is 35.8. The first-order valence-electron chi connectivity index (χ1n) is 9.30. The van der Waals surface area contributed by atoms with Crippen molar-refractivity contribution in [3.8, 4) is 5.75 Å². The van der Waals surface area contributed by atoms with Gasteiger partial charge in [0.1, 0.15) is 5.75 Å². The molecule has 2 saturated heterocycles. The quantitative estimate of drug-likeness (QED) is 0.835. The molecule has 2 unspecified atom stereocenters. The van der Waals surface area contributed by atoms with Crippen LogP contribution in [0.4, 0.5) is 0 Å². The molecule has 0 spiro atoms. The zero-order chi connectivity index (χ0) is 15.6. The van der Waals surface area contributed by atoms with E-state index in [4.69, 9.17) is 0 Å². The van der Waals surface area contributed by atoms with Crippen LogP contribution in [0, 0.1) is 11.8 Å². The maximum atomic E-state index is 9.90. The van der Waals surface area contributed by atoms with Crippen LogP contribution in [0.5, 0.6) is 5.75 Å². The summed E-state index contributed by atoms with van der Waals surface area (Å²) in [6.45, 7) is 4.87. The van der Waals surface area contributed by atoms with Crippen LogP contribution >= 0.6 is 0 Å². The third-order valence-electron chi connectivity index (χ3n) is 6.79. The van der Waals surface area contributed by atoms with E-state index in [1.807, 2.05) is 12.1 Å². The van der Waals surface area contributed by atoms with Gasteiger partial charge in [0.2, 0.25) is 0 Å². The molecular formula is C20H26N2O. The minimum Gasteiger partial charge on any atom is -0.508 e. The number of phenolic OH excluding ortho intramolecular Hbond substituents is 1. The third kappa shape index (κ3) is 2.06. The second-order valence-corrected chi connectivity index (χ2v) is 8.00. The van der Waals surface area contributed by atoms with Crippen LogP contribution in [0.1, 0.15) is 49.8 Å². The summed E-state index contributed by atoms with van der Waals surface area (Å²) in [5.41, 5.74) is 4.16. The fraction of sp³-hybridized carbons (Fsp3) is 0.600. The molecule has 1 saturated carbocycles. The number of aromatic nitrogens is 1. The lowest BCUT2D eigenvalue weighted by Gasteiger charge is -2.42. The predicted octanol–water partition coefficient (Wildman–Crippen LogP) is 4.02. The Hall–Kier alpha value is -1.48. The number of fused-ring (bicyclic) bond motifs is 4. The lowest BCUT2D eigenvalue weighted by molar-refractivity contribution is 0.0683. The molecule has 4 bridgehead atoms. The zero-order valence-corrected chi connectivity index (χ0v) is 13.9. The van der Waals surface area contributed by atoms with Gasteiger partial charge in [-0.15, -0.1) is 0 Å². The highest BCUT2D eigenvalue weighted by Crippen LogP contribution is 2.47. The molecule has 2 N–H and O–H groups in total. The van der Waals surface area contributed by atoms with E-state index in [9.17, 15) is 5.11 Å². The van der Waals surface area contributed by atoms with E-state index >= 15 is 0 Å². The largest absolute Gasteiger partial charge is 0.508 e. The molecule has 3 fully saturated rings. The fourth-order valence-corrected chi connectivity index (χ4v) is 5.79. The van der Waals surface area contributed by atoms with Crippen molar-refractivity contribution in [3.63, 3.8) is 0 Å². The number of hydrogen-bond donors (Lipinski definition) is 2. The average molecular weight is 310 g/mol. The van der Waals surface area contributed by atoms with E-state index in [1.165, 1.54) is 60.9 Å². The molecule has 1 aromatic heterocycles. The summed E-state index contributed by atoms with van der Waals surface area (Å²) in [4.78, 5) is 6.54. The maximum Gasteiger partial charge on any atom is 0.116 e. The highest BCUT2D eigenvalue weighted by molar-refractivity contribution is 5.86. The van der Waals surface area contributed by atoms with Gasteiger partial charge in [-0.1, -0.05) is 13.3 Å². The molecule has 0 radical (unpaired) electrons. The second kappa shape index (κ2) is 5.01. The number of piperidine rings is 1. The molecule has 122 valence electrons. The molecule has 3 aliphatic heterocycles. The van der Waals surface area contributed by atoms with Gasteiger partial charge in [0.15, 0.2) is 0 Å². The number of benzene rings is 1. The summed E-state index contributed by atoms with van der Waals surface area (Å²) in [6.07, 6.45) is 6.55. The van der Waals surface area contributed by atoms with E-state index in [0.717, 1.165) is 24.3 Å². The van der Waals surface area contributed by atoms with Gasteiger partial charge in [-0.3, -0.25) is 4.90 Å².